The molecule has 0 saturated heterocycles. The maximum Gasteiger partial charge on any atom is 0.306 e. The molecule has 0 aromatic rings. The lowest BCUT2D eigenvalue weighted by Gasteiger charge is -2.28. The van der Waals surface area contributed by atoms with Gasteiger partial charge < -0.3 is 27.9 Å². The van der Waals surface area contributed by atoms with Crippen LogP contribution >= 0.6 is 7.82 Å². The van der Waals surface area contributed by atoms with Crippen LogP contribution in [0, 0.1) is 0 Å². The summed E-state index contributed by atoms with van der Waals surface area (Å²) >= 11 is 0. The summed E-state index contributed by atoms with van der Waals surface area (Å²) in [5.74, 6) is -0.329. The van der Waals surface area contributed by atoms with Crippen LogP contribution < -0.4 is 4.89 Å². The molecule has 0 saturated carbocycles. The maximum absolute atomic E-state index is 12.8. The summed E-state index contributed by atoms with van der Waals surface area (Å²) in [5, 5.41) is 0. The van der Waals surface area contributed by atoms with Gasteiger partial charge in [-0.15, -0.1) is 0 Å². The number of nitrogens with zero attached hydrogens (tertiary/aromatic N) is 1. The number of allylic oxidation sites excluding steroid dienone is 6. The molecule has 0 aromatic heterocycles. The molecular weight excluding hydrogens is 902 g/mol. The van der Waals surface area contributed by atoms with E-state index in [1.165, 1.54) is 238 Å². The summed E-state index contributed by atoms with van der Waals surface area (Å²) < 4.78 is 34.9. The number of quaternary nitrogens is 1. The van der Waals surface area contributed by atoms with Crippen LogP contribution in [0.1, 0.15) is 296 Å². The fraction of sp³-hybridized carbons (Fsp3) is 0.887. The minimum absolute atomic E-state index is 0.0274. The normalized spacial score (nSPS) is 13.6. The molecule has 71 heavy (non-hydrogen) atoms. The standard InChI is InChI=1S/C62H120NO7P/c1-6-8-10-12-14-16-18-20-22-24-26-28-30-31-32-34-36-38-40-42-44-46-48-50-52-54-57-67-59-61(60-69-71(65,66)68-58-56-63(3,4)5)70-62(64)55-53-51-49-47-45-43-41-39-37-35-33-29-27-25-23-21-19-17-15-13-11-9-7-2/h18,20,24-27,61H,6-17,19,21-23,28-60H2,1-5H3/b20-18-,26-24-,27-25-. The van der Waals surface area contributed by atoms with Gasteiger partial charge in [-0.05, 0) is 70.6 Å². The zero-order valence-electron chi connectivity index (χ0n) is 47.9. The summed E-state index contributed by atoms with van der Waals surface area (Å²) in [6.45, 7) is 5.46. The zero-order valence-corrected chi connectivity index (χ0v) is 48.8. The van der Waals surface area contributed by atoms with E-state index in [-0.39, 0.29) is 25.8 Å². The highest BCUT2D eigenvalue weighted by molar-refractivity contribution is 7.45. The SMILES string of the molecule is CCCCCCC/C=C\C/C=C\CCCCCCCCCCCCCCCCOCC(COP(=O)([O-])OCC[N+](C)(C)C)OC(=O)CCCCCCCCCCCCC/C=C\CCCCCCCCCC. The first-order valence-electron chi connectivity index (χ1n) is 30.7. The highest BCUT2D eigenvalue weighted by Gasteiger charge is 2.20. The van der Waals surface area contributed by atoms with Crippen molar-refractivity contribution >= 4 is 13.8 Å². The van der Waals surface area contributed by atoms with E-state index in [1.807, 2.05) is 21.1 Å². The Labute approximate surface area is 442 Å². The van der Waals surface area contributed by atoms with Crippen molar-refractivity contribution in [1.29, 1.82) is 0 Å². The summed E-state index contributed by atoms with van der Waals surface area (Å²) in [4.78, 5) is 25.3. The molecule has 0 amide bonds. The Morgan fingerprint density at radius 1 is 0.437 bits per heavy atom. The molecule has 0 aromatic carbocycles. The van der Waals surface area contributed by atoms with E-state index in [4.69, 9.17) is 18.5 Å². The second kappa shape index (κ2) is 55.0. The molecule has 8 nitrogen and oxygen atoms in total. The van der Waals surface area contributed by atoms with Gasteiger partial charge in [0.2, 0.25) is 0 Å². The quantitative estimate of drug-likeness (QED) is 0.0197. The Bertz CT molecular complexity index is 1230. The molecule has 420 valence electrons. The average molecular weight is 1020 g/mol. The monoisotopic (exact) mass is 1020 g/mol. The van der Waals surface area contributed by atoms with E-state index in [2.05, 4.69) is 50.3 Å². The van der Waals surface area contributed by atoms with Gasteiger partial charge in [-0.1, -0.05) is 256 Å². The minimum atomic E-state index is -4.54. The van der Waals surface area contributed by atoms with Crippen LogP contribution in [0.5, 0.6) is 0 Å². The number of esters is 1. The summed E-state index contributed by atoms with van der Waals surface area (Å²) in [5.41, 5.74) is 0. The number of unbranched alkanes of at least 4 members (excludes halogenated alkanes) is 38. The number of likely N-dealkylation sites (N-methyl/N-ethyl adjacent to an activating group) is 1. The first-order chi connectivity index (χ1) is 34.6. The van der Waals surface area contributed by atoms with Crippen molar-refractivity contribution in [1.82, 2.24) is 0 Å². The number of phosphoric acid groups is 1. The van der Waals surface area contributed by atoms with Crippen LogP contribution in [0.3, 0.4) is 0 Å². The van der Waals surface area contributed by atoms with E-state index in [0.717, 1.165) is 38.5 Å². The fourth-order valence-electron chi connectivity index (χ4n) is 8.93. The minimum Gasteiger partial charge on any atom is -0.756 e. The number of hydrogen-bond acceptors (Lipinski definition) is 7. The average Bonchev–Trinajstić information content (AvgIpc) is 3.33. The molecule has 0 rings (SSSR count). The van der Waals surface area contributed by atoms with Gasteiger partial charge in [0.1, 0.15) is 19.3 Å². The summed E-state index contributed by atoms with van der Waals surface area (Å²) in [6.07, 6.45) is 69.1. The first-order valence-corrected chi connectivity index (χ1v) is 32.2. The third-order valence-electron chi connectivity index (χ3n) is 13.7. The molecule has 0 N–H and O–H groups in total. The molecule has 0 aliphatic carbocycles. The molecular formula is C62H120NO7P. The Kier molecular flexibility index (Phi) is 54.0. The van der Waals surface area contributed by atoms with Gasteiger partial charge in [-0.25, -0.2) is 0 Å². The zero-order chi connectivity index (χ0) is 51.9. The van der Waals surface area contributed by atoms with Crippen molar-refractivity contribution in [3.05, 3.63) is 36.5 Å². The van der Waals surface area contributed by atoms with Crippen LogP contribution in [-0.2, 0) is 27.9 Å². The van der Waals surface area contributed by atoms with Crippen LogP contribution in [0.15, 0.2) is 36.5 Å². The van der Waals surface area contributed by atoms with Gasteiger partial charge in [0.05, 0.1) is 34.4 Å². The third-order valence-corrected chi connectivity index (χ3v) is 14.6. The van der Waals surface area contributed by atoms with Crippen molar-refractivity contribution in [2.24, 2.45) is 0 Å². The predicted molar refractivity (Wildman–Crippen MR) is 305 cm³/mol. The molecule has 0 fully saturated rings. The highest BCUT2D eigenvalue weighted by atomic mass is 31.2. The number of carbonyl (C=O) groups is 1. The Morgan fingerprint density at radius 2 is 0.775 bits per heavy atom. The fourth-order valence-corrected chi connectivity index (χ4v) is 9.66. The summed E-state index contributed by atoms with van der Waals surface area (Å²) in [7, 11) is 1.37. The molecule has 2 unspecified atom stereocenters. The van der Waals surface area contributed by atoms with Crippen molar-refractivity contribution in [3.8, 4) is 0 Å². The van der Waals surface area contributed by atoms with Gasteiger partial charge in [-0.3, -0.25) is 9.36 Å². The largest absolute Gasteiger partial charge is 0.756 e. The highest BCUT2D eigenvalue weighted by Crippen LogP contribution is 2.38. The Balaban J connectivity index is 4.01. The van der Waals surface area contributed by atoms with Crippen LogP contribution in [0.25, 0.3) is 0 Å². The molecule has 0 spiro atoms. The van der Waals surface area contributed by atoms with Crippen molar-refractivity contribution in [3.63, 3.8) is 0 Å². The third kappa shape index (κ3) is 59.5. The Hall–Kier alpha value is -1.28. The molecule has 0 heterocycles. The van der Waals surface area contributed by atoms with E-state index in [9.17, 15) is 14.3 Å². The Morgan fingerprint density at radius 3 is 1.15 bits per heavy atom. The topological polar surface area (TPSA) is 94.1 Å². The van der Waals surface area contributed by atoms with Gasteiger partial charge in [0, 0.05) is 13.0 Å². The number of carbonyl (C=O) groups excluding carboxylic acids is 1. The molecule has 0 bridgehead atoms. The van der Waals surface area contributed by atoms with E-state index in [1.54, 1.807) is 0 Å². The predicted octanol–water partition coefficient (Wildman–Crippen LogP) is 19.0. The van der Waals surface area contributed by atoms with Crippen LogP contribution in [-0.4, -0.2) is 70.7 Å². The van der Waals surface area contributed by atoms with E-state index >= 15 is 0 Å². The molecule has 9 heteroatoms. The van der Waals surface area contributed by atoms with Gasteiger partial charge in [0.15, 0.2) is 0 Å². The second-order valence-electron chi connectivity index (χ2n) is 22.1. The number of phosphoric ester groups is 1. The lowest BCUT2D eigenvalue weighted by molar-refractivity contribution is -0.870. The number of hydrogen-bond donors (Lipinski definition) is 0. The van der Waals surface area contributed by atoms with Crippen LogP contribution in [0.4, 0.5) is 0 Å². The smallest absolute Gasteiger partial charge is 0.306 e. The lowest BCUT2D eigenvalue weighted by Crippen LogP contribution is -2.37. The lowest BCUT2D eigenvalue weighted by atomic mass is 10.0. The number of ether oxygens (including phenoxy) is 2. The molecule has 0 radical (unpaired) electrons. The molecule has 2 atom stereocenters. The second-order valence-corrected chi connectivity index (χ2v) is 23.5. The molecule has 0 aliphatic rings. The van der Waals surface area contributed by atoms with E-state index < -0.39 is 13.9 Å². The van der Waals surface area contributed by atoms with Gasteiger partial charge in [-0.2, -0.15) is 0 Å². The summed E-state index contributed by atoms with van der Waals surface area (Å²) in [6, 6.07) is 0. The number of rotatable bonds is 58. The van der Waals surface area contributed by atoms with Crippen molar-refractivity contribution in [2.75, 3.05) is 54.1 Å². The maximum atomic E-state index is 12.8. The van der Waals surface area contributed by atoms with Crippen molar-refractivity contribution in [2.45, 2.75) is 302 Å². The van der Waals surface area contributed by atoms with E-state index in [0.29, 0.717) is 24.1 Å². The van der Waals surface area contributed by atoms with Crippen molar-refractivity contribution < 1.29 is 37.3 Å². The first kappa shape index (κ1) is 69.7. The van der Waals surface area contributed by atoms with Gasteiger partial charge >= 0.3 is 5.97 Å². The molecule has 0 aliphatic heterocycles. The van der Waals surface area contributed by atoms with Gasteiger partial charge in [0.25, 0.3) is 7.82 Å². The van der Waals surface area contributed by atoms with Crippen LogP contribution in [0.2, 0.25) is 0 Å².